The first kappa shape index (κ1) is 12.3. The van der Waals surface area contributed by atoms with Crippen LogP contribution in [-0.4, -0.2) is 55.5 Å². The summed E-state index contributed by atoms with van der Waals surface area (Å²) in [7, 11) is 4.46. The molecule has 1 unspecified atom stereocenters. The molecule has 1 rings (SSSR count). The third kappa shape index (κ3) is 4.16. The Balaban J connectivity index is 2.09. The molecule has 0 amide bonds. The molecular formula is C11H23ClN2. The summed E-state index contributed by atoms with van der Waals surface area (Å²) in [4.78, 5) is 4.93. The first-order valence-corrected chi connectivity index (χ1v) is 6.22. The molecule has 0 saturated carbocycles. The fourth-order valence-corrected chi connectivity index (χ4v) is 2.33. The minimum absolute atomic E-state index is 0.788. The van der Waals surface area contributed by atoms with Crippen molar-refractivity contribution in [2.75, 3.05) is 39.6 Å². The molecule has 0 aromatic heterocycles. The Labute approximate surface area is 93.2 Å². The molecule has 1 saturated heterocycles. The summed E-state index contributed by atoms with van der Waals surface area (Å²) in [6.45, 7) is 3.69. The van der Waals surface area contributed by atoms with Crippen molar-refractivity contribution >= 4 is 11.6 Å². The average molecular weight is 219 g/mol. The van der Waals surface area contributed by atoms with Crippen molar-refractivity contribution in [3.05, 3.63) is 0 Å². The van der Waals surface area contributed by atoms with Gasteiger partial charge in [-0.15, -0.1) is 11.6 Å². The number of likely N-dealkylation sites (N-methyl/N-ethyl adjacent to an activating group) is 2. The van der Waals surface area contributed by atoms with E-state index in [1.165, 1.54) is 38.9 Å². The van der Waals surface area contributed by atoms with E-state index in [0.717, 1.165) is 18.3 Å². The Morgan fingerprint density at radius 3 is 2.79 bits per heavy atom. The van der Waals surface area contributed by atoms with Crippen LogP contribution in [-0.2, 0) is 0 Å². The van der Waals surface area contributed by atoms with Crippen LogP contribution in [0.1, 0.15) is 25.7 Å². The van der Waals surface area contributed by atoms with E-state index in [9.17, 15) is 0 Å². The number of alkyl halides is 1. The maximum atomic E-state index is 5.65. The SMILES string of the molecule is CN(CCCCCl)CC1CCCN1C. The van der Waals surface area contributed by atoms with Crippen LogP contribution in [0.15, 0.2) is 0 Å². The number of nitrogens with zero attached hydrogens (tertiary/aromatic N) is 2. The van der Waals surface area contributed by atoms with Gasteiger partial charge in [0.1, 0.15) is 0 Å². The lowest BCUT2D eigenvalue weighted by Gasteiger charge is -2.25. The van der Waals surface area contributed by atoms with Gasteiger partial charge in [0.05, 0.1) is 0 Å². The third-order valence-corrected chi connectivity index (χ3v) is 3.38. The molecule has 2 nitrogen and oxygen atoms in total. The van der Waals surface area contributed by atoms with Gasteiger partial charge in [0, 0.05) is 18.5 Å². The molecule has 1 atom stereocenters. The first-order chi connectivity index (χ1) is 6.74. The molecule has 1 fully saturated rings. The molecule has 0 aliphatic carbocycles. The van der Waals surface area contributed by atoms with Crippen LogP contribution in [0.3, 0.4) is 0 Å². The lowest BCUT2D eigenvalue weighted by molar-refractivity contribution is 0.218. The quantitative estimate of drug-likeness (QED) is 0.497. The fourth-order valence-electron chi connectivity index (χ4n) is 2.14. The molecule has 14 heavy (non-hydrogen) atoms. The molecule has 1 aliphatic rings. The lowest BCUT2D eigenvalue weighted by atomic mass is 10.2. The largest absolute Gasteiger partial charge is 0.305 e. The van der Waals surface area contributed by atoms with Crippen LogP contribution in [0.5, 0.6) is 0 Å². The second kappa shape index (κ2) is 6.65. The van der Waals surface area contributed by atoms with Crippen LogP contribution >= 0.6 is 11.6 Å². The van der Waals surface area contributed by atoms with Crippen LogP contribution in [0.4, 0.5) is 0 Å². The van der Waals surface area contributed by atoms with E-state index in [0.29, 0.717) is 0 Å². The van der Waals surface area contributed by atoms with E-state index >= 15 is 0 Å². The smallest absolute Gasteiger partial charge is 0.0223 e. The molecule has 1 heterocycles. The molecule has 0 bridgehead atoms. The minimum atomic E-state index is 0.788. The maximum absolute atomic E-state index is 5.65. The zero-order chi connectivity index (χ0) is 10.4. The molecule has 1 aliphatic heterocycles. The van der Waals surface area contributed by atoms with Crippen molar-refractivity contribution in [3.63, 3.8) is 0 Å². The highest BCUT2D eigenvalue weighted by atomic mass is 35.5. The number of hydrogen-bond acceptors (Lipinski definition) is 2. The zero-order valence-corrected chi connectivity index (χ0v) is 10.3. The van der Waals surface area contributed by atoms with Crippen molar-refractivity contribution in [1.82, 2.24) is 9.80 Å². The summed E-state index contributed by atoms with van der Waals surface area (Å²) in [6, 6.07) is 0.788. The third-order valence-electron chi connectivity index (χ3n) is 3.12. The van der Waals surface area contributed by atoms with Gasteiger partial charge in [0.15, 0.2) is 0 Å². The van der Waals surface area contributed by atoms with Gasteiger partial charge in [-0.05, 0) is 52.9 Å². The van der Waals surface area contributed by atoms with Gasteiger partial charge in [-0.2, -0.15) is 0 Å². The summed E-state index contributed by atoms with van der Waals surface area (Å²) in [5, 5.41) is 0. The Morgan fingerprint density at radius 2 is 2.21 bits per heavy atom. The summed E-state index contributed by atoms with van der Waals surface area (Å²) in [6.07, 6.45) is 5.12. The van der Waals surface area contributed by atoms with Gasteiger partial charge in [-0.1, -0.05) is 0 Å². The van der Waals surface area contributed by atoms with E-state index in [2.05, 4.69) is 23.9 Å². The number of unbranched alkanes of at least 4 members (excludes halogenated alkanes) is 1. The van der Waals surface area contributed by atoms with E-state index in [1.807, 2.05) is 0 Å². The van der Waals surface area contributed by atoms with Gasteiger partial charge in [0.25, 0.3) is 0 Å². The number of halogens is 1. The second-order valence-corrected chi connectivity index (χ2v) is 4.81. The van der Waals surface area contributed by atoms with Crippen LogP contribution < -0.4 is 0 Å². The Hall–Kier alpha value is 0.210. The summed E-state index contributed by atoms with van der Waals surface area (Å²) >= 11 is 5.65. The minimum Gasteiger partial charge on any atom is -0.305 e. The van der Waals surface area contributed by atoms with E-state index < -0.39 is 0 Å². The molecule has 0 N–H and O–H groups in total. The zero-order valence-electron chi connectivity index (χ0n) is 9.51. The van der Waals surface area contributed by atoms with Crippen molar-refractivity contribution < 1.29 is 0 Å². The van der Waals surface area contributed by atoms with Gasteiger partial charge in [-0.3, -0.25) is 0 Å². The second-order valence-electron chi connectivity index (χ2n) is 4.43. The van der Waals surface area contributed by atoms with Gasteiger partial charge < -0.3 is 9.80 Å². The summed E-state index contributed by atoms with van der Waals surface area (Å²) in [5.74, 6) is 0.803. The van der Waals surface area contributed by atoms with E-state index in [1.54, 1.807) is 0 Å². The molecule has 3 heteroatoms. The molecular weight excluding hydrogens is 196 g/mol. The predicted octanol–water partition coefficient (Wildman–Crippen LogP) is 2.03. The van der Waals surface area contributed by atoms with Gasteiger partial charge >= 0.3 is 0 Å². The Morgan fingerprint density at radius 1 is 1.43 bits per heavy atom. The fraction of sp³-hybridized carbons (Fsp3) is 1.00. The number of hydrogen-bond donors (Lipinski definition) is 0. The average Bonchev–Trinajstić information content (AvgIpc) is 2.52. The summed E-state index contributed by atoms with van der Waals surface area (Å²) < 4.78 is 0. The van der Waals surface area contributed by atoms with Crippen molar-refractivity contribution in [2.45, 2.75) is 31.7 Å². The molecule has 0 aromatic rings. The standard InChI is InChI=1S/C11H23ClN2/c1-13(8-4-3-7-12)10-11-6-5-9-14(11)2/h11H,3-10H2,1-2H3. The van der Waals surface area contributed by atoms with Crippen molar-refractivity contribution in [3.8, 4) is 0 Å². The predicted molar refractivity (Wildman–Crippen MR) is 63.1 cm³/mol. The Kier molecular flexibility index (Phi) is 5.83. The highest BCUT2D eigenvalue weighted by Crippen LogP contribution is 2.15. The number of likely N-dealkylation sites (tertiary alicyclic amines) is 1. The Bertz CT molecular complexity index is 152. The monoisotopic (exact) mass is 218 g/mol. The maximum Gasteiger partial charge on any atom is 0.0223 e. The van der Waals surface area contributed by atoms with E-state index in [4.69, 9.17) is 11.6 Å². The van der Waals surface area contributed by atoms with Gasteiger partial charge in [-0.25, -0.2) is 0 Å². The molecule has 0 radical (unpaired) electrons. The van der Waals surface area contributed by atoms with Crippen LogP contribution in [0.2, 0.25) is 0 Å². The highest BCUT2D eigenvalue weighted by molar-refractivity contribution is 6.17. The molecule has 84 valence electrons. The lowest BCUT2D eigenvalue weighted by Crippen LogP contribution is -2.37. The molecule has 0 aromatic carbocycles. The topological polar surface area (TPSA) is 6.48 Å². The summed E-state index contributed by atoms with van der Waals surface area (Å²) in [5.41, 5.74) is 0. The normalized spacial score (nSPS) is 23.6. The molecule has 0 spiro atoms. The van der Waals surface area contributed by atoms with Gasteiger partial charge in [0.2, 0.25) is 0 Å². The first-order valence-electron chi connectivity index (χ1n) is 5.69. The van der Waals surface area contributed by atoms with E-state index in [-0.39, 0.29) is 0 Å². The van der Waals surface area contributed by atoms with Crippen molar-refractivity contribution in [1.29, 1.82) is 0 Å². The van der Waals surface area contributed by atoms with Crippen LogP contribution in [0.25, 0.3) is 0 Å². The number of rotatable bonds is 6. The van der Waals surface area contributed by atoms with Crippen LogP contribution in [0, 0.1) is 0 Å². The van der Waals surface area contributed by atoms with Crippen molar-refractivity contribution in [2.24, 2.45) is 0 Å². The highest BCUT2D eigenvalue weighted by Gasteiger charge is 2.21.